The molecule has 1 heterocycles. The van der Waals surface area contributed by atoms with Gasteiger partial charge in [-0.15, -0.1) is 0 Å². The van der Waals surface area contributed by atoms with Gasteiger partial charge >= 0.3 is 5.97 Å². The van der Waals surface area contributed by atoms with E-state index in [4.69, 9.17) is 25.8 Å². The molecule has 1 amide bonds. The molecule has 0 bridgehead atoms. The number of hydrogen-bond donors (Lipinski definition) is 1. The van der Waals surface area contributed by atoms with E-state index in [2.05, 4.69) is 5.32 Å². The Morgan fingerprint density at radius 3 is 2.77 bits per heavy atom. The second kappa shape index (κ2) is 8.05. The highest BCUT2D eigenvalue weighted by atomic mass is 35.5. The Morgan fingerprint density at radius 2 is 2.00 bits per heavy atom. The molecule has 0 aromatic heterocycles. The molecule has 0 saturated heterocycles. The summed E-state index contributed by atoms with van der Waals surface area (Å²) in [4.78, 5) is 23.6. The largest absolute Gasteiger partial charge is 0.486 e. The molecule has 1 N–H and O–H groups in total. The maximum atomic E-state index is 13.6. The first-order valence-electron chi connectivity index (χ1n) is 7.80. The summed E-state index contributed by atoms with van der Waals surface area (Å²) in [5.41, 5.74) is -0.289. The van der Waals surface area contributed by atoms with Gasteiger partial charge in [-0.3, -0.25) is 4.79 Å². The first-order valence-corrected chi connectivity index (χ1v) is 8.18. The predicted molar refractivity (Wildman–Crippen MR) is 91.1 cm³/mol. The number of ether oxygens (including phenoxy) is 3. The van der Waals surface area contributed by atoms with Crippen molar-refractivity contribution in [2.75, 3.05) is 19.8 Å². The van der Waals surface area contributed by atoms with Gasteiger partial charge in [-0.2, -0.15) is 0 Å². The molecule has 136 valence electrons. The Balaban J connectivity index is 1.44. The third-order valence-electron chi connectivity index (χ3n) is 3.58. The first kappa shape index (κ1) is 18.0. The van der Waals surface area contributed by atoms with Gasteiger partial charge in [0.15, 0.2) is 18.1 Å². The number of rotatable bonds is 5. The molecule has 0 fully saturated rings. The Morgan fingerprint density at radius 1 is 1.23 bits per heavy atom. The average Bonchev–Trinajstić information content (AvgIpc) is 2.64. The Hall–Kier alpha value is -2.80. The Kier molecular flexibility index (Phi) is 5.58. The smallest absolute Gasteiger partial charge is 0.341 e. The van der Waals surface area contributed by atoms with Crippen LogP contribution >= 0.6 is 11.6 Å². The number of amides is 1. The number of para-hydroxylation sites is 2. The Bertz CT molecular complexity index is 829. The van der Waals surface area contributed by atoms with E-state index >= 15 is 0 Å². The van der Waals surface area contributed by atoms with Gasteiger partial charge in [-0.1, -0.05) is 23.7 Å². The summed E-state index contributed by atoms with van der Waals surface area (Å²) in [6.45, 7) is -0.0713. The van der Waals surface area contributed by atoms with Gasteiger partial charge < -0.3 is 19.5 Å². The lowest BCUT2D eigenvalue weighted by Crippen LogP contribution is -2.42. The molecule has 1 aliphatic heterocycles. The summed E-state index contributed by atoms with van der Waals surface area (Å²) in [5.74, 6) is -1.04. The van der Waals surface area contributed by atoms with E-state index in [-0.39, 0.29) is 29.8 Å². The zero-order valence-corrected chi connectivity index (χ0v) is 14.3. The van der Waals surface area contributed by atoms with Gasteiger partial charge in [-0.25, -0.2) is 9.18 Å². The molecular weight excluding hydrogens is 365 g/mol. The molecule has 0 aliphatic carbocycles. The van der Waals surface area contributed by atoms with Crippen molar-refractivity contribution in [3.8, 4) is 11.5 Å². The number of esters is 1. The second-order valence-electron chi connectivity index (χ2n) is 5.50. The number of benzene rings is 2. The maximum absolute atomic E-state index is 13.6. The van der Waals surface area contributed by atoms with Crippen molar-refractivity contribution in [1.82, 2.24) is 5.32 Å². The van der Waals surface area contributed by atoms with Gasteiger partial charge in [0.2, 0.25) is 0 Å². The molecule has 2 aromatic carbocycles. The lowest BCUT2D eigenvalue weighted by atomic mass is 10.2. The minimum Gasteiger partial charge on any atom is -0.486 e. The first-order chi connectivity index (χ1) is 12.5. The summed E-state index contributed by atoms with van der Waals surface area (Å²) in [5, 5.41) is 2.74. The summed E-state index contributed by atoms with van der Waals surface area (Å²) in [6.07, 6.45) is -0.363. The second-order valence-corrected chi connectivity index (χ2v) is 5.94. The molecule has 1 unspecified atom stereocenters. The SMILES string of the molecule is O=C(COC(=O)c1ccc(Cl)cc1F)NCC1COc2ccccc2O1. The van der Waals surface area contributed by atoms with E-state index in [9.17, 15) is 14.0 Å². The van der Waals surface area contributed by atoms with Gasteiger partial charge in [0.05, 0.1) is 12.1 Å². The van der Waals surface area contributed by atoms with Crippen molar-refractivity contribution in [2.24, 2.45) is 0 Å². The summed E-state index contributed by atoms with van der Waals surface area (Å²) in [6, 6.07) is 10.8. The standard InChI is InChI=1S/C18H15ClFNO5/c19-11-5-6-13(14(20)7-11)18(23)25-10-17(22)21-8-12-9-24-15-3-1-2-4-16(15)26-12/h1-7,12H,8-10H2,(H,21,22). The van der Waals surface area contributed by atoms with Crippen molar-refractivity contribution in [1.29, 1.82) is 0 Å². The van der Waals surface area contributed by atoms with Crippen LogP contribution in [0.25, 0.3) is 0 Å². The van der Waals surface area contributed by atoms with Gasteiger partial charge in [0.25, 0.3) is 5.91 Å². The van der Waals surface area contributed by atoms with E-state index in [1.165, 1.54) is 12.1 Å². The van der Waals surface area contributed by atoms with Crippen molar-refractivity contribution in [3.05, 3.63) is 58.9 Å². The zero-order valence-electron chi connectivity index (χ0n) is 13.5. The maximum Gasteiger partial charge on any atom is 0.341 e. The number of fused-ring (bicyclic) bond motifs is 1. The highest BCUT2D eigenvalue weighted by molar-refractivity contribution is 6.30. The normalized spacial score (nSPS) is 15.2. The van der Waals surface area contributed by atoms with Crippen molar-refractivity contribution in [3.63, 3.8) is 0 Å². The van der Waals surface area contributed by atoms with E-state index in [0.717, 1.165) is 6.07 Å². The van der Waals surface area contributed by atoms with Crippen LogP contribution in [0.4, 0.5) is 4.39 Å². The van der Waals surface area contributed by atoms with E-state index in [0.29, 0.717) is 11.5 Å². The quantitative estimate of drug-likeness (QED) is 0.808. The predicted octanol–water partition coefficient (Wildman–Crippen LogP) is 2.59. The fraction of sp³-hybridized carbons (Fsp3) is 0.222. The number of carbonyl (C=O) groups is 2. The monoisotopic (exact) mass is 379 g/mol. The van der Waals surface area contributed by atoms with Crippen LogP contribution in [0, 0.1) is 5.82 Å². The Labute approximate surface area is 153 Å². The summed E-state index contributed by atoms with van der Waals surface area (Å²) >= 11 is 5.62. The molecule has 2 aromatic rings. The molecule has 1 atom stereocenters. The van der Waals surface area contributed by atoms with E-state index in [1.54, 1.807) is 12.1 Å². The highest BCUT2D eigenvalue weighted by Crippen LogP contribution is 2.30. The fourth-order valence-electron chi connectivity index (χ4n) is 2.31. The van der Waals surface area contributed by atoms with Gasteiger partial charge in [0, 0.05) is 5.02 Å². The van der Waals surface area contributed by atoms with Crippen molar-refractivity contribution < 1.29 is 28.2 Å². The molecule has 26 heavy (non-hydrogen) atoms. The van der Waals surface area contributed by atoms with Crippen LogP contribution in [0.3, 0.4) is 0 Å². The minimum absolute atomic E-state index is 0.160. The zero-order chi connectivity index (χ0) is 18.5. The lowest BCUT2D eigenvalue weighted by Gasteiger charge is -2.26. The fourth-order valence-corrected chi connectivity index (χ4v) is 2.47. The van der Waals surface area contributed by atoms with Crippen molar-refractivity contribution >= 4 is 23.5 Å². The number of nitrogens with one attached hydrogen (secondary N) is 1. The topological polar surface area (TPSA) is 73.9 Å². The average molecular weight is 380 g/mol. The van der Waals surface area contributed by atoms with E-state index < -0.39 is 24.3 Å². The molecule has 1 aliphatic rings. The van der Waals surface area contributed by atoms with Gasteiger partial charge in [-0.05, 0) is 30.3 Å². The molecule has 3 rings (SSSR count). The van der Waals surface area contributed by atoms with Crippen LogP contribution in [0.2, 0.25) is 5.02 Å². The van der Waals surface area contributed by atoms with Crippen molar-refractivity contribution in [2.45, 2.75) is 6.10 Å². The third-order valence-corrected chi connectivity index (χ3v) is 3.81. The number of carbonyl (C=O) groups excluding carboxylic acids is 2. The molecule has 8 heteroatoms. The minimum atomic E-state index is -0.944. The van der Waals surface area contributed by atoms with Crippen LogP contribution in [0.15, 0.2) is 42.5 Å². The van der Waals surface area contributed by atoms with Crippen LogP contribution in [-0.2, 0) is 9.53 Å². The molecular formula is C18H15ClFNO5. The molecule has 0 saturated carbocycles. The molecule has 0 spiro atoms. The molecule has 6 nitrogen and oxygen atoms in total. The molecule has 0 radical (unpaired) electrons. The summed E-state index contributed by atoms with van der Waals surface area (Å²) < 4.78 is 29.6. The third kappa shape index (κ3) is 4.43. The highest BCUT2D eigenvalue weighted by Gasteiger charge is 2.21. The lowest BCUT2D eigenvalue weighted by molar-refractivity contribution is -0.124. The van der Waals surface area contributed by atoms with Crippen LogP contribution < -0.4 is 14.8 Å². The van der Waals surface area contributed by atoms with Gasteiger partial charge in [0.1, 0.15) is 18.5 Å². The summed E-state index contributed by atoms with van der Waals surface area (Å²) in [7, 11) is 0. The van der Waals surface area contributed by atoms with Crippen LogP contribution in [-0.4, -0.2) is 37.7 Å². The van der Waals surface area contributed by atoms with Crippen LogP contribution in [0.5, 0.6) is 11.5 Å². The van der Waals surface area contributed by atoms with E-state index in [1.807, 2.05) is 12.1 Å². The van der Waals surface area contributed by atoms with Crippen LogP contribution in [0.1, 0.15) is 10.4 Å². The number of halogens is 2. The number of hydrogen-bond acceptors (Lipinski definition) is 5.